The zero-order chi connectivity index (χ0) is 39.6. The molecule has 1 fully saturated rings. The molecule has 1 saturated heterocycles. The van der Waals surface area contributed by atoms with Crippen molar-refractivity contribution in [2.24, 2.45) is 0 Å². The van der Waals surface area contributed by atoms with Crippen LogP contribution in [0.1, 0.15) is 69.9 Å². The second-order valence-electron chi connectivity index (χ2n) is 14.0. The molecule has 13 nitrogen and oxygen atoms in total. The van der Waals surface area contributed by atoms with Gasteiger partial charge in [-0.05, 0) is 94.4 Å². The molecule has 2 heterocycles. The predicted molar refractivity (Wildman–Crippen MR) is 216 cm³/mol. The van der Waals surface area contributed by atoms with Crippen molar-refractivity contribution in [1.82, 2.24) is 29.6 Å². The molecule has 0 spiro atoms. The second-order valence-corrected chi connectivity index (χ2v) is 14.0. The lowest BCUT2D eigenvalue weighted by Gasteiger charge is -2.37. The number of carbonyl (C=O) groups excluding carboxylic acids is 3. The van der Waals surface area contributed by atoms with Crippen molar-refractivity contribution in [2.45, 2.75) is 47.6 Å². The molecule has 5 rings (SSSR count). The minimum absolute atomic E-state index is 0.0231. The number of carbonyl (C=O) groups is 3. The van der Waals surface area contributed by atoms with Crippen LogP contribution in [-0.4, -0.2) is 120 Å². The van der Waals surface area contributed by atoms with E-state index < -0.39 is 5.91 Å². The summed E-state index contributed by atoms with van der Waals surface area (Å²) < 4.78 is 12.0. The molecular formula is C42H54N8O5. The number of rotatable bonds is 15. The zero-order valence-electron chi connectivity index (χ0n) is 33.3. The Balaban J connectivity index is 1.38. The van der Waals surface area contributed by atoms with Gasteiger partial charge in [-0.1, -0.05) is 32.0 Å². The molecule has 1 aliphatic rings. The molecule has 13 heteroatoms. The summed E-state index contributed by atoms with van der Waals surface area (Å²) in [6.07, 6.45) is 1.40. The highest BCUT2D eigenvalue weighted by molar-refractivity contribution is 6.06. The van der Waals surface area contributed by atoms with Crippen molar-refractivity contribution in [2.75, 3.05) is 77.1 Å². The summed E-state index contributed by atoms with van der Waals surface area (Å²) in [5.74, 6) is 0.101. The van der Waals surface area contributed by atoms with Crippen LogP contribution in [0.3, 0.4) is 0 Å². The third-order valence-electron chi connectivity index (χ3n) is 10.0. The molecule has 4 aromatic rings. The molecule has 1 aliphatic heterocycles. The Morgan fingerprint density at radius 2 is 1.53 bits per heavy atom. The molecule has 3 aromatic carbocycles. The van der Waals surface area contributed by atoms with E-state index in [0.717, 1.165) is 43.9 Å². The van der Waals surface area contributed by atoms with E-state index in [4.69, 9.17) is 9.47 Å². The van der Waals surface area contributed by atoms with Crippen LogP contribution in [0.25, 0.3) is 0 Å². The van der Waals surface area contributed by atoms with Crippen LogP contribution in [0.4, 0.5) is 17.3 Å². The van der Waals surface area contributed by atoms with Crippen molar-refractivity contribution < 1.29 is 23.9 Å². The summed E-state index contributed by atoms with van der Waals surface area (Å²) >= 11 is 0. The number of aryl methyl sites for hydroxylation is 2. The first kappa shape index (κ1) is 40.7. The number of nitrogens with zero attached hydrogens (tertiary/aromatic N) is 6. The summed E-state index contributed by atoms with van der Waals surface area (Å²) in [6.45, 7) is 18.6. The van der Waals surface area contributed by atoms with Gasteiger partial charge in [0.05, 0.1) is 7.11 Å². The van der Waals surface area contributed by atoms with Crippen LogP contribution >= 0.6 is 0 Å². The Hall–Kier alpha value is -5.53. The topological polar surface area (TPSA) is 132 Å². The number of methoxy groups -OCH3 is 1. The van der Waals surface area contributed by atoms with Gasteiger partial charge in [0.1, 0.15) is 5.56 Å². The van der Waals surface area contributed by atoms with Gasteiger partial charge in [-0.25, -0.2) is 4.98 Å². The molecule has 292 valence electrons. The number of hydrogen-bond acceptors (Lipinski definition) is 10. The van der Waals surface area contributed by atoms with Gasteiger partial charge in [-0.15, -0.1) is 0 Å². The Kier molecular flexibility index (Phi) is 13.8. The molecule has 1 aromatic heterocycles. The monoisotopic (exact) mass is 750 g/mol. The van der Waals surface area contributed by atoms with Crippen molar-refractivity contribution in [3.8, 4) is 17.4 Å². The molecule has 0 atom stereocenters. The molecule has 2 N–H and O–H groups in total. The highest BCUT2D eigenvalue weighted by atomic mass is 16.5. The van der Waals surface area contributed by atoms with Crippen LogP contribution in [-0.2, 0) is 0 Å². The maximum absolute atomic E-state index is 13.8. The van der Waals surface area contributed by atoms with Crippen LogP contribution in [0.15, 0.2) is 66.9 Å². The van der Waals surface area contributed by atoms with Gasteiger partial charge in [0.15, 0.2) is 11.5 Å². The lowest BCUT2D eigenvalue weighted by molar-refractivity contribution is 0.0595. The highest BCUT2D eigenvalue weighted by Gasteiger charge is 2.25. The quantitative estimate of drug-likeness (QED) is 0.139. The van der Waals surface area contributed by atoms with Crippen molar-refractivity contribution in [3.05, 3.63) is 94.7 Å². The number of hydrogen-bond donors (Lipinski definition) is 2. The van der Waals surface area contributed by atoms with Gasteiger partial charge in [-0.3, -0.25) is 19.3 Å². The third kappa shape index (κ3) is 10.2. The Labute approximate surface area is 324 Å². The van der Waals surface area contributed by atoms with Gasteiger partial charge in [0.2, 0.25) is 11.8 Å². The van der Waals surface area contributed by atoms with Crippen LogP contribution in [0, 0.1) is 13.8 Å². The Morgan fingerprint density at radius 1 is 0.873 bits per heavy atom. The number of nitrogens with one attached hydrogen (secondary N) is 2. The number of benzene rings is 3. The van der Waals surface area contributed by atoms with E-state index in [1.165, 1.54) is 13.3 Å². The van der Waals surface area contributed by atoms with E-state index in [-0.39, 0.29) is 35.0 Å². The van der Waals surface area contributed by atoms with Gasteiger partial charge >= 0.3 is 0 Å². The standard InChI is InChI=1S/C42H54N8O5/c1-9-48(10-2)21-20-47(7)40(52)31-14-17-33(18-15-31)44-42-43-27-34(38(51)45-37-29(5)12-11-13-30(37)6)39(46-42)55-35-19-16-32(26-36(35)54-8)41(53)50-24-22-49(23-25-50)28(3)4/h11-19,26-28H,9-10,20-25H2,1-8H3,(H,45,51)(H,43,44,46). The average Bonchev–Trinajstić information content (AvgIpc) is 3.19. The normalized spacial score (nSPS) is 13.2. The molecule has 0 aliphatic carbocycles. The minimum Gasteiger partial charge on any atom is -0.493 e. The highest BCUT2D eigenvalue weighted by Crippen LogP contribution is 2.35. The second kappa shape index (κ2) is 18.7. The number of piperazine rings is 1. The molecule has 0 radical (unpaired) electrons. The largest absolute Gasteiger partial charge is 0.493 e. The van der Waals surface area contributed by atoms with Crippen molar-refractivity contribution in [3.63, 3.8) is 0 Å². The lowest BCUT2D eigenvalue weighted by atomic mass is 10.1. The zero-order valence-corrected chi connectivity index (χ0v) is 33.3. The number of aromatic nitrogens is 2. The SMILES string of the molecule is CCN(CC)CCN(C)C(=O)c1ccc(Nc2ncc(C(=O)Nc3c(C)cccc3C)c(Oc3ccc(C(=O)N4CCN(C(C)C)CC4)cc3OC)n2)cc1. The van der Waals surface area contributed by atoms with Crippen molar-refractivity contribution >= 4 is 35.0 Å². The first-order chi connectivity index (χ1) is 26.4. The summed E-state index contributed by atoms with van der Waals surface area (Å²) in [7, 11) is 3.30. The van der Waals surface area contributed by atoms with Gasteiger partial charge in [-0.2, -0.15) is 4.98 Å². The predicted octanol–water partition coefficient (Wildman–Crippen LogP) is 6.47. The maximum Gasteiger partial charge on any atom is 0.262 e. The first-order valence-electron chi connectivity index (χ1n) is 18.9. The van der Waals surface area contributed by atoms with E-state index >= 15 is 0 Å². The maximum atomic E-state index is 13.8. The van der Waals surface area contributed by atoms with E-state index in [1.54, 1.807) is 54.4 Å². The van der Waals surface area contributed by atoms with E-state index in [1.807, 2.05) is 36.9 Å². The van der Waals surface area contributed by atoms with Gasteiger partial charge in [0.25, 0.3) is 17.7 Å². The third-order valence-corrected chi connectivity index (χ3v) is 10.0. The van der Waals surface area contributed by atoms with Crippen LogP contribution in [0.2, 0.25) is 0 Å². The molecule has 3 amide bonds. The number of para-hydroxylation sites is 1. The fourth-order valence-electron chi connectivity index (χ4n) is 6.44. The molecule has 55 heavy (non-hydrogen) atoms. The average molecular weight is 751 g/mol. The van der Waals surface area contributed by atoms with Gasteiger partial charge < -0.3 is 34.8 Å². The summed E-state index contributed by atoms with van der Waals surface area (Å²) in [5.41, 5.74) is 4.24. The lowest BCUT2D eigenvalue weighted by Crippen LogP contribution is -2.50. The molecule has 0 bridgehead atoms. The summed E-state index contributed by atoms with van der Waals surface area (Å²) in [5, 5.41) is 6.16. The molecular weight excluding hydrogens is 697 g/mol. The first-order valence-corrected chi connectivity index (χ1v) is 18.9. The number of likely N-dealkylation sites (N-methyl/N-ethyl adjacent to an activating group) is 2. The van der Waals surface area contributed by atoms with Crippen LogP contribution < -0.4 is 20.1 Å². The minimum atomic E-state index is -0.460. The Morgan fingerprint density at radius 3 is 2.15 bits per heavy atom. The molecule has 0 unspecified atom stereocenters. The smallest absolute Gasteiger partial charge is 0.262 e. The van der Waals surface area contributed by atoms with Crippen molar-refractivity contribution in [1.29, 1.82) is 0 Å². The summed E-state index contributed by atoms with van der Waals surface area (Å²) in [6, 6.07) is 18.2. The van der Waals surface area contributed by atoms with E-state index in [2.05, 4.69) is 58.1 Å². The van der Waals surface area contributed by atoms with E-state index in [9.17, 15) is 14.4 Å². The molecule has 0 saturated carbocycles. The fourth-order valence-corrected chi connectivity index (χ4v) is 6.44. The number of amides is 3. The number of anilines is 3. The fraction of sp³-hybridized carbons (Fsp3) is 0.405. The number of ether oxygens (including phenoxy) is 2. The Bertz CT molecular complexity index is 1940. The van der Waals surface area contributed by atoms with Crippen LogP contribution in [0.5, 0.6) is 17.4 Å². The van der Waals surface area contributed by atoms with E-state index in [0.29, 0.717) is 53.9 Å². The summed E-state index contributed by atoms with van der Waals surface area (Å²) in [4.78, 5) is 57.6. The van der Waals surface area contributed by atoms with Gasteiger partial charge in [0, 0.05) is 81.1 Å².